The predicted octanol–water partition coefficient (Wildman–Crippen LogP) is 4.56. The van der Waals surface area contributed by atoms with Gasteiger partial charge < -0.3 is 10.0 Å². The number of benzene rings is 2. The maximum atomic E-state index is 13.2. The van der Waals surface area contributed by atoms with E-state index in [2.05, 4.69) is 15.9 Å². The highest BCUT2D eigenvalue weighted by atomic mass is 79.9. The van der Waals surface area contributed by atoms with E-state index in [1.807, 2.05) is 42.5 Å². The first kappa shape index (κ1) is 19.1. The lowest BCUT2D eigenvalue weighted by molar-refractivity contribution is -0.135. The number of para-hydroxylation sites is 1. The number of carbonyl (C=O) groups excluding carboxylic acids is 2. The van der Waals surface area contributed by atoms with Crippen LogP contribution in [0, 0.1) is 0 Å². The van der Waals surface area contributed by atoms with Gasteiger partial charge in [0.1, 0.15) is 0 Å². The molecule has 0 fully saturated rings. The van der Waals surface area contributed by atoms with Crippen molar-refractivity contribution in [1.82, 2.24) is 0 Å². The first-order valence-electron chi connectivity index (χ1n) is 8.95. The Labute approximate surface area is 175 Å². The van der Waals surface area contributed by atoms with E-state index in [9.17, 15) is 14.7 Å². The third kappa shape index (κ3) is 3.43. The second-order valence-electron chi connectivity index (χ2n) is 6.77. The minimum Gasteiger partial charge on any atom is -0.375 e. The van der Waals surface area contributed by atoms with Crippen molar-refractivity contribution in [2.24, 2.45) is 0 Å². The van der Waals surface area contributed by atoms with Gasteiger partial charge >= 0.3 is 0 Å². The molecule has 0 saturated carbocycles. The highest BCUT2D eigenvalue weighted by Crippen LogP contribution is 2.43. The number of ketones is 1. The number of hydrogen-bond acceptors (Lipinski definition) is 4. The summed E-state index contributed by atoms with van der Waals surface area (Å²) in [6, 6.07) is 20.6. The van der Waals surface area contributed by atoms with Crippen molar-refractivity contribution in [2.45, 2.75) is 18.4 Å². The van der Waals surface area contributed by atoms with Gasteiger partial charge in [0, 0.05) is 12.1 Å². The maximum absolute atomic E-state index is 13.2. The summed E-state index contributed by atoms with van der Waals surface area (Å²) in [6.45, 7) is 0.445. The molecular weight excluding hydrogens is 438 g/mol. The minimum atomic E-state index is -1.83. The van der Waals surface area contributed by atoms with Gasteiger partial charge in [-0.25, -0.2) is 0 Å². The van der Waals surface area contributed by atoms with Crippen molar-refractivity contribution < 1.29 is 14.7 Å². The summed E-state index contributed by atoms with van der Waals surface area (Å²) >= 11 is 4.65. The summed E-state index contributed by atoms with van der Waals surface area (Å²) in [7, 11) is 0. The molecule has 1 aromatic heterocycles. The zero-order chi connectivity index (χ0) is 19.7. The van der Waals surface area contributed by atoms with Crippen LogP contribution in [0.4, 0.5) is 5.69 Å². The van der Waals surface area contributed by atoms with Crippen molar-refractivity contribution in [2.75, 3.05) is 11.4 Å². The molecule has 2 heterocycles. The Morgan fingerprint density at radius 2 is 1.75 bits per heavy atom. The molecular formula is C22H18BrNO3S. The number of rotatable bonds is 6. The van der Waals surface area contributed by atoms with E-state index in [4.69, 9.17) is 0 Å². The first-order chi connectivity index (χ1) is 13.5. The van der Waals surface area contributed by atoms with Crippen LogP contribution in [0.15, 0.2) is 70.5 Å². The van der Waals surface area contributed by atoms with Crippen LogP contribution in [0.3, 0.4) is 0 Å². The number of carbonyl (C=O) groups is 2. The molecule has 2 aromatic carbocycles. The Kier molecular flexibility index (Phi) is 5.19. The Bertz CT molecular complexity index is 1030. The standard InChI is InChI=1S/C22H18BrNO3S/c23-20-11-10-19(28-20)18(25)14-22(27)16-8-4-5-9-17(16)24(21(22)26)13-12-15-6-2-1-3-7-15/h1-11,27H,12-14H2/t22-/m0/s1. The Hall–Kier alpha value is -2.28. The lowest BCUT2D eigenvalue weighted by Crippen LogP contribution is -2.42. The topological polar surface area (TPSA) is 57.6 Å². The minimum absolute atomic E-state index is 0.244. The molecule has 1 amide bonds. The number of amides is 1. The fraction of sp³-hybridized carbons (Fsp3) is 0.182. The van der Waals surface area contributed by atoms with Gasteiger partial charge in [-0.15, -0.1) is 11.3 Å². The molecule has 4 nitrogen and oxygen atoms in total. The van der Waals surface area contributed by atoms with Crippen LogP contribution in [0.25, 0.3) is 0 Å². The lowest BCUT2D eigenvalue weighted by atomic mass is 9.89. The lowest BCUT2D eigenvalue weighted by Gasteiger charge is -2.22. The average molecular weight is 456 g/mol. The van der Waals surface area contributed by atoms with Crippen LogP contribution < -0.4 is 4.90 Å². The van der Waals surface area contributed by atoms with Crippen molar-refractivity contribution in [3.63, 3.8) is 0 Å². The van der Waals surface area contributed by atoms with Gasteiger partial charge in [-0.2, -0.15) is 0 Å². The fourth-order valence-corrected chi connectivity index (χ4v) is 4.89. The summed E-state index contributed by atoms with van der Waals surface area (Å²) in [5.41, 5.74) is 0.451. The molecule has 1 aliphatic rings. The summed E-state index contributed by atoms with van der Waals surface area (Å²) in [6.07, 6.45) is 0.403. The van der Waals surface area contributed by atoms with Crippen molar-refractivity contribution in [3.8, 4) is 0 Å². The van der Waals surface area contributed by atoms with Gasteiger partial charge in [0.05, 0.1) is 20.8 Å². The molecule has 0 saturated heterocycles. The van der Waals surface area contributed by atoms with Crippen LogP contribution in [-0.2, 0) is 16.8 Å². The molecule has 6 heteroatoms. The molecule has 0 bridgehead atoms. The third-order valence-corrected chi connectivity index (χ3v) is 6.64. The molecule has 3 aromatic rings. The molecule has 4 rings (SSSR count). The van der Waals surface area contributed by atoms with Crippen LogP contribution in [-0.4, -0.2) is 23.3 Å². The first-order valence-corrected chi connectivity index (χ1v) is 10.6. The Balaban J connectivity index is 1.61. The monoisotopic (exact) mass is 455 g/mol. The number of thiophene rings is 1. The van der Waals surface area contributed by atoms with Crippen molar-refractivity contribution >= 4 is 44.6 Å². The SMILES string of the molecule is O=C(C[C@@]1(O)C(=O)N(CCc2ccccc2)c2ccccc21)c1ccc(Br)s1. The van der Waals surface area contributed by atoms with E-state index < -0.39 is 11.5 Å². The average Bonchev–Trinajstić information content (AvgIpc) is 3.23. The van der Waals surface area contributed by atoms with E-state index in [1.54, 1.807) is 29.2 Å². The van der Waals surface area contributed by atoms with Crippen LogP contribution in [0.5, 0.6) is 0 Å². The zero-order valence-electron chi connectivity index (χ0n) is 15.0. The van der Waals surface area contributed by atoms with Crippen LogP contribution >= 0.6 is 27.3 Å². The largest absolute Gasteiger partial charge is 0.375 e. The van der Waals surface area contributed by atoms with Gasteiger partial charge in [-0.3, -0.25) is 9.59 Å². The number of fused-ring (bicyclic) bond motifs is 1. The predicted molar refractivity (Wildman–Crippen MR) is 114 cm³/mol. The van der Waals surface area contributed by atoms with Gasteiger partial charge in [0.25, 0.3) is 5.91 Å². The Morgan fingerprint density at radius 1 is 1.04 bits per heavy atom. The molecule has 142 valence electrons. The van der Waals surface area contributed by atoms with Gasteiger partial charge in [0.15, 0.2) is 11.4 Å². The number of Topliss-reactive ketones (excluding diaryl/α,β-unsaturated/α-hetero) is 1. The molecule has 0 spiro atoms. The quantitative estimate of drug-likeness (QED) is 0.554. The van der Waals surface area contributed by atoms with E-state index >= 15 is 0 Å². The van der Waals surface area contributed by atoms with Gasteiger partial charge in [0.2, 0.25) is 0 Å². The second-order valence-corrected chi connectivity index (χ2v) is 9.24. The number of nitrogens with zero attached hydrogens (tertiary/aromatic N) is 1. The van der Waals surface area contributed by atoms with E-state index in [-0.39, 0.29) is 12.2 Å². The second kappa shape index (κ2) is 7.62. The molecule has 1 atom stereocenters. The van der Waals surface area contributed by atoms with Gasteiger partial charge in [-0.05, 0) is 46.1 Å². The highest BCUT2D eigenvalue weighted by molar-refractivity contribution is 9.11. The number of anilines is 1. The van der Waals surface area contributed by atoms with Gasteiger partial charge in [-0.1, -0.05) is 48.5 Å². The summed E-state index contributed by atoms with van der Waals surface area (Å²) in [4.78, 5) is 28.0. The molecule has 1 aliphatic heterocycles. The molecule has 28 heavy (non-hydrogen) atoms. The van der Waals surface area contributed by atoms with E-state index in [1.165, 1.54) is 11.3 Å². The fourth-order valence-electron chi connectivity index (χ4n) is 3.57. The maximum Gasteiger partial charge on any atom is 0.264 e. The normalized spacial score (nSPS) is 18.4. The Morgan fingerprint density at radius 3 is 2.46 bits per heavy atom. The van der Waals surface area contributed by atoms with Crippen LogP contribution in [0.2, 0.25) is 0 Å². The summed E-state index contributed by atoms with van der Waals surface area (Å²) in [5, 5.41) is 11.3. The van der Waals surface area contributed by atoms with E-state index in [0.717, 1.165) is 9.35 Å². The molecule has 0 unspecified atom stereocenters. The van der Waals surface area contributed by atoms with E-state index in [0.29, 0.717) is 29.1 Å². The number of hydrogen-bond donors (Lipinski definition) is 1. The summed E-state index contributed by atoms with van der Waals surface area (Å²) < 4.78 is 0.838. The number of halogens is 1. The van der Waals surface area contributed by atoms with Crippen molar-refractivity contribution in [3.05, 3.63) is 86.5 Å². The smallest absolute Gasteiger partial charge is 0.264 e. The molecule has 0 radical (unpaired) electrons. The van der Waals surface area contributed by atoms with Crippen LogP contribution in [0.1, 0.15) is 27.2 Å². The third-order valence-electron chi connectivity index (χ3n) is 4.97. The van der Waals surface area contributed by atoms with Crippen molar-refractivity contribution in [1.29, 1.82) is 0 Å². The zero-order valence-corrected chi connectivity index (χ0v) is 17.4. The molecule has 1 N–H and O–H groups in total. The molecule has 0 aliphatic carbocycles. The number of aliphatic hydroxyl groups is 1. The highest BCUT2D eigenvalue weighted by Gasteiger charge is 2.50. The summed E-state index contributed by atoms with van der Waals surface area (Å²) in [5.74, 6) is -0.681.